The largest absolute Gasteiger partial charge is 0.481 e. The summed E-state index contributed by atoms with van der Waals surface area (Å²) in [6.07, 6.45) is 0.106. The maximum atomic E-state index is 13.2. The molecular weight excluding hydrogens is 562 g/mol. The zero-order valence-electron chi connectivity index (χ0n) is 26.4. The second kappa shape index (κ2) is 13.8. The first kappa shape index (κ1) is 32.3. The molecule has 1 N–H and O–H groups in total. The van der Waals surface area contributed by atoms with E-state index in [9.17, 15) is 10.4 Å². The Morgan fingerprint density at radius 2 is 1.45 bits per heavy atom. The van der Waals surface area contributed by atoms with Crippen LogP contribution in [0.3, 0.4) is 0 Å². The van der Waals surface area contributed by atoms with Gasteiger partial charge in [0, 0.05) is 47.7 Å². The van der Waals surface area contributed by atoms with E-state index in [1.165, 1.54) is 28.4 Å². The van der Waals surface area contributed by atoms with Crippen molar-refractivity contribution in [3.8, 4) is 35.5 Å². The minimum atomic E-state index is -1.62. The number of aliphatic hydroxyl groups is 1. The number of ether oxygens (including phenoxy) is 5. The smallest absolute Gasteiger partial charge is 0.217 e. The number of pyridine rings is 3. The van der Waals surface area contributed by atoms with Crippen molar-refractivity contribution in [1.29, 1.82) is 5.26 Å². The molecule has 3 aromatic heterocycles. The van der Waals surface area contributed by atoms with Gasteiger partial charge in [-0.25, -0.2) is 4.98 Å². The summed E-state index contributed by atoms with van der Waals surface area (Å²) in [6.45, 7) is 4.33. The summed E-state index contributed by atoms with van der Waals surface area (Å²) in [4.78, 5) is 15.7. The molecule has 0 bridgehead atoms. The van der Waals surface area contributed by atoms with Gasteiger partial charge in [0.1, 0.15) is 5.60 Å². The van der Waals surface area contributed by atoms with Crippen LogP contribution in [0.2, 0.25) is 0 Å². The van der Waals surface area contributed by atoms with Gasteiger partial charge in [-0.1, -0.05) is 0 Å². The standard InChI is InChI=1S/C33H39N5O6/c1-20(2)44-30-16-23(15-27(37-30)40-5)31(25-14-22-13-21(19-34)9-10-26(22)35-32(25)43-8)33(39,11-12-38(3)4)24-17-28(41-6)36-29(18-24)42-7/h9-10,13-18,20,31,39H,11-12H2,1-8H3/t31-,33-/m1/s1. The van der Waals surface area contributed by atoms with Gasteiger partial charge < -0.3 is 33.7 Å². The summed E-state index contributed by atoms with van der Waals surface area (Å²) in [7, 11) is 9.96. The monoisotopic (exact) mass is 601 g/mol. The number of hydrogen-bond donors (Lipinski definition) is 1. The molecule has 0 saturated heterocycles. The Kier molecular flexibility index (Phi) is 10.1. The van der Waals surface area contributed by atoms with Crippen LogP contribution in [-0.2, 0) is 5.60 Å². The van der Waals surface area contributed by atoms with E-state index in [0.29, 0.717) is 57.3 Å². The molecule has 1 aromatic carbocycles. The molecule has 0 spiro atoms. The van der Waals surface area contributed by atoms with Crippen LogP contribution in [0, 0.1) is 11.3 Å². The molecule has 0 fully saturated rings. The first-order valence-electron chi connectivity index (χ1n) is 14.1. The van der Waals surface area contributed by atoms with Crippen molar-refractivity contribution in [2.75, 3.05) is 49.1 Å². The molecule has 4 aromatic rings. The lowest BCUT2D eigenvalue weighted by Gasteiger charge is -2.39. The minimum Gasteiger partial charge on any atom is -0.481 e. The molecule has 0 aliphatic heterocycles. The Balaban J connectivity index is 2.14. The Bertz CT molecular complexity index is 1630. The van der Waals surface area contributed by atoms with Crippen LogP contribution >= 0.6 is 0 Å². The first-order valence-corrected chi connectivity index (χ1v) is 14.1. The van der Waals surface area contributed by atoms with Gasteiger partial charge in [0.2, 0.25) is 29.4 Å². The number of aromatic nitrogens is 3. The van der Waals surface area contributed by atoms with Crippen LogP contribution in [-0.4, -0.2) is 80.1 Å². The maximum absolute atomic E-state index is 13.2. The molecule has 0 saturated carbocycles. The zero-order chi connectivity index (χ0) is 32.0. The number of nitriles is 1. The number of rotatable bonds is 13. The highest BCUT2D eigenvalue weighted by atomic mass is 16.5. The molecule has 11 heteroatoms. The minimum absolute atomic E-state index is 0.163. The molecule has 0 unspecified atom stereocenters. The highest BCUT2D eigenvalue weighted by Crippen LogP contribution is 2.49. The molecular formula is C33H39N5O6. The fourth-order valence-electron chi connectivity index (χ4n) is 5.19. The van der Waals surface area contributed by atoms with Gasteiger partial charge in [0.25, 0.3) is 0 Å². The summed E-state index contributed by atoms with van der Waals surface area (Å²) >= 11 is 0. The van der Waals surface area contributed by atoms with Crippen LogP contribution in [0.5, 0.6) is 29.4 Å². The summed E-state index contributed by atoms with van der Waals surface area (Å²) in [5.41, 5.74) is 1.22. The van der Waals surface area contributed by atoms with Gasteiger partial charge in [-0.2, -0.15) is 15.2 Å². The average molecular weight is 602 g/mol. The Morgan fingerprint density at radius 1 is 0.841 bits per heavy atom. The van der Waals surface area contributed by atoms with Crippen LogP contribution in [0.4, 0.5) is 0 Å². The van der Waals surface area contributed by atoms with Crippen molar-refractivity contribution in [1.82, 2.24) is 19.9 Å². The Labute approximate surface area is 258 Å². The van der Waals surface area contributed by atoms with Gasteiger partial charge in [-0.05, 0) is 69.8 Å². The van der Waals surface area contributed by atoms with Crippen molar-refractivity contribution >= 4 is 10.9 Å². The van der Waals surface area contributed by atoms with E-state index in [4.69, 9.17) is 28.7 Å². The predicted molar refractivity (Wildman–Crippen MR) is 166 cm³/mol. The number of methoxy groups -OCH3 is 4. The second-order valence-electron chi connectivity index (χ2n) is 10.9. The topological polar surface area (TPSA) is 132 Å². The predicted octanol–water partition coefficient (Wildman–Crippen LogP) is 4.69. The van der Waals surface area contributed by atoms with Gasteiger partial charge in [0.05, 0.1) is 51.7 Å². The molecule has 4 rings (SSSR count). The van der Waals surface area contributed by atoms with Crippen molar-refractivity contribution in [3.05, 3.63) is 70.8 Å². The normalized spacial score (nSPS) is 13.3. The first-order chi connectivity index (χ1) is 21.0. The molecule has 232 valence electrons. The van der Waals surface area contributed by atoms with Crippen molar-refractivity contribution in [2.24, 2.45) is 0 Å². The Morgan fingerprint density at radius 3 is 2.02 bits per heavy atom. The maximum Gasteiger partial charge on any atom is 0.217 e. The summed E-state index contributed by atoms with van der Waals surface area (Å²) in [5.74, 6) is 0.689. The van der Waals surface area contributed by atoms with Crippen LogP contribution in [0.25, 0.3) is 10.9 Å². The lowest BCUT2D eigenvalue weighted by molar-refractivity contribution is 0.00318. The fourth-order valence-corrected chi connectivity index (χ4v) is 5.19. The lowest BCUT2D eigenvalue weighted by Crippen LogP contribution is -2.38. The summed E-state index contributed by atoms with van der Waals surface area (Å²) < 4.78 is 28.5. The Hall–Kier alpha value is -4.66. The van der Waals surface area contributed by atoms with Crippen LogP contribution in [0.15, 0.2) is 48.5 Å². The van der Waals surface area contributed by atoms with Crippen molar-refractivity contribution in [3.63, 3.8) is 0 Å². The van der Waals surface area contributed by atoms with Gasteiger partial charge in [-0.15, -0.1) is 0 Å². The van der Waals surface area contributed by atoms with Crippen LogP contribution < -0.4 is 23.7 Å². The third kappa shape index (κ3) is 6.93. The second-order valence-corrected chi connectivity index (χ2v) is 10.9. The zero-order valence-corrected chi connectivity index (χ0v) is 26.4. The SMILES string of the molecule is COc1cc([C@](O)(CCN(C)C)[C@H](c2cc(OC)nc(OC(C)C)c2)c2cc3cc(C#N)ccc3nc2OC)cc(OC)n1. The number of benzene rings is 1. The van der Waals surface area contributed by atoms with E-state index in [1.807, 2.05) is 38.9 Å². The average Bonchev–Trinajstić information content (AvgIpc) is 3.02. The van der Waals surface area contributed by atoms with Crippen molar-refractivity contribution < 1.29 is 28.8 Å². The van der Waals surface area contributed by atoms with E-state index in [2.05, 4.69) is 16.0 Å². The molecule has 3 heterocycles. The number of hydrogen-bond acceptors (Lipinski definition) is 11. The number of fused-ring (bicyclic) bond motifs is 1. The van der Waals surface area contributed by atoms with Gasteiger partial charge >= 0.3 is 0 Å². The van der Waals surface area contributed by atoms with Gasteiger partial charge in [0.15, 0.2) is 0 Å². The molecule has 44 heavy (non-hydrogen) atoms. The van der Waals surface area contributed by atoms with E-state index in [-0.39, 0.29) is 24.3 Å². The van der Waals surface area contributed by atoms with E-state index < -0.39 is 11.5 Å². The quantitative estimate of drug-likeness (QED) is 0.229. The van der Waals surface area contributed by atoms with E-state index >= 15 is 0 Å². The molecule has 0 radical (unpaired) electrons. The summed E-state index contributed by atoms with van der Waals surface area (Å²) in [5, 5.41) is 23.5. The highest BCUT2D eigenvalue weighted by Gasteiger charge is 2.44. The van der Waals surface area contributed by atoms with E-state index in [1.54, 1.807) is 42.5 Å². The molecule has 0 aliphatic carbocycles. The summed E-state index contributed by atoms with van der Waals surface area (Å²) in [6, 6.07) is 16.3. The number of nitrogens with zero attached hydrogens (tertiary/aromatic N) is 5. The third-order valence-electron chi connectivity index (χ3n) is 7.25. The fraction of sp³-hybridized carbons (Fsp3) is 0.394. The highest BCUT2D eigenvalue weighted by molar-refractivity contribution is 5.82. The van der Waals surface area contributed by atoms with Gasteiger partial charge in [-0.3, -0.25) is 0 Å². The molecule has 0 amide bonds. The molecule has 2 atom stereocenters. The van der Waals surface area contributed by atoms with Crippen molar-refractivity contribution in [2.45, 2.75) is 37.9 Å². The van der Waals surface area contributed by atoms with Crippen LogP contribution in [0.1, 0.15) is 48.4 Å². The molecule has 11 nitrogen and oxygen atoms in total. The lowest BCUT2D eigenvalue weighted by atomic mass is 9.72. The third-order valence-corrected chi connectivity index (χ3v) is 7.25. The van der Waals surface area contributed by atoms with E-state index in [0.717, 1.165) is 0 Å². The molecule has 0 aliphatic rings.